The average Bonchev–Trinajstić information content (AvgIpc) is 2.70. The zero-order valence-electron chi connectivity index (χ0n) is 11.4. The van der Waals surface area contributed by atoms with Gasteiger partial charge in [0.2, 0.25) is 17.8 Å². The van der Waals surface area contributed by atoms with Crippen LogP contribution in [0.4, 0.5) is 17.8 Å². The Morgan fingerprint density at radius 3 is 2.37 bits per heavy atom. The monoisotopic (exact) mass is 268 g/mol. The summed E-state index contributed by atoms with van der Waals surface area (Å²) in [5.41, 5.74) is 0. The van der Waals surface area contributed by atoms with E-state index in [1.165, 1.54) is 0 Å². The minimum absolute atomic E-state index is 0.323. The Balaban J connectivity index is 2.28. The summed E-state index contributed by atoms with van der Waals surface area (Å²) in [6.07, 6.45) is -1.52. The highest BCUT2D eigenvalue weighted by molar-refractivity contribution is 5.45. The van der Waals surface area contributed by atoms with Gasteiger partial charge in [0.05, 0.1) is 12.2 Å². The van der Waals surface area contributed by atoms with Crippen LogP contribution in [0, 0.1) is 0 Å². The molecule has 106 valence electrons. The number of nitrogens with zero attached hydrogens (tertiary/aromatic N) is 5. The van der Waals surface area contributed by atoms with Gasteiger partial charge in [-0.2, -0.15) is 15.0 Å². The molecule has 1 fully saturated rings. The van der Waals surface area contributed by atoms with Crippen LogP contribution in [-0.2, 0) is 0 Å². The Bertz CT molecular complexity index is 431. The minimum atomic E-state index is -0.762. The zero-order chi connectivity index (χ0) is 14.0. The Kier molecular flexibility index (Phi) is 4.01. The maximum Gasteiger partial charge on any atom is 0.232 e. The fraction of sp³-hybridized carbons (Fsp3) is 0.727. The van der Waals surface area contributed by atoms with Crippen molar-refractivity contribution in [3.63, 3.8) is 0 Å². The third kappa shape index (κ3) is 3.02. The number of aromatic nitrogens is 3. The zero-order valence-corrected chi connectivity index (χ0v) is 11.4. The summed E-state index contributed by atoms with van der Waals surface area (Å²) in [5, 5.41) is 22.2. The van der Waals surface area contributed by atoms with Crippen molar-refractivity contribution >= 4 is 17.8 Å². The minimum Gasteiger partial charge on any atom is -0.388 e. The normalized spacial score (nSPS) is 22.7. The summed E-state index contributed by atoms with van der Waals surface area (Å²) in [6.45, 7) is 3.32. The lowest BCUT2D eigenvalue weighted by atomic mass is 10.3. The molecule has 0 aromatic carbocycles. The van der Waals surface area contributed by atoms with E-state index in [4.69, 9.17) is 0 Å². The van der Waals surface area contributed by atoms with Gasteiger partial charge in [0, 0.05) is 33.7 Å². The SMILES string of the molecule is CCNc1nc(N(C)C)nc(N2CC(O)C(O)C2)n1. The van der Waals surface area contributed by atoms with Gasteiger partial charge in [-0.3, -0.25) is 0 Å². The van der Waals surface area contributed by atoms with Crippen molar-refractivity contribution in [2.45, 2.75) is 19.1 Å². The first-order chi connectivity index (χ1) is 9.01. The van der Waals surface area contributed by atoms with E-state index in [-0.39, 0.29) is 0 Å². The molecule has 2 atom stereocenters. The van der Waals surface area contributed by atoms with E-state index < -0.39 is 12.2 Å². The molecule has 0 saturated carbocycles. The highest BCUT2D eigenvalue weighted by Gasteiger charge is 2.31. The van der Waals surface area contributed by atoms with Crippen LogP contribution < -0.4 is 15.1 Å². The second-order valence-corrected chi connectivity index (χ2v) is 4.72. The van der Waals surface area contributed by atoms with Crippen LogP contribution in [0.5, 0.6) is 0 Å². The Morgan fingerprint density at radius 1 is 1.21 bits per heavy atom. The van der Waals surface area contributed by atoms with Gasteiger partial charge < -0.3 is 25.3 Å². The van der Waals surface area contributed by atoms with E-state index >= 15 is 0 Å². The molecule has 2 rings (SSSR count). The molecule has 19 heavy (non-hydrogen) atoms. The third-order valence-electron chi connectivity index (χ3n) is 2.89. The van der Waals surface area contributed by atoms with Crippen molar-refractivity contribution in [2.75, 3.05) is 48.8 Å². The van der Waals surface area contributed by atoms with E-state index in [9.17, 15) is 10.2 Å². The first kappa shape index (κ1) is 13.8. The van der Waals surface area contributed by atoms with E-state index in [1.54, 1.807) is 9.80 Å². The topological polar surface area (TPSA) is 97.6 Å². The average molecular weight is 268 g/mol. The molecule has 0 bridgehead atoms. The highest BCUT2D eigenvalue weighted by Crippen LogP contribution is 2.20. The molecule has 1 aliphatic rings. The standard InChI is InChI=1S/C11H20N6O2/c1-4-12-9-13-10(16(2)3)15-11(14-9)17-5-7(18)8(19)6-17/h7-8,18-19H,4-6H2,1-3H3,(H,12,13,14,15). The molecule has 1 aromatic heterocycles. The predicted octanol–water partition coefficient (Wildman–Crippen LogP) is -1.09. The molecule has 8 nitrogen and oxygen atoms in total. The summed E-state index contributed by atoms with van der Waals surface area (Å²) < 4.78 is 0. The number of nitrogens with one attached hydrogen (secondary N) is 1. The first-order valence-corrected chi connectivity index (χ1v) is 6.29. The number of rotatable bonds is 4. The molecule has 0 aliphatic carbocycles. The molecular formula is C11H20N6O2. The van der Waals surface area contributed by atoms with Gasteiger partial charge in [-0.1, -0.05) is 0 Å². The second kappa shape index (κ2) is 5.54. The van der Waals surface area contributed by atoms with Crippen LogP contribution in [0.3, 0.4) is 0 Å². The van der Waals surface area contributed by atoms with Gasteiger partial charge in [-0.25, -0.2) is 0 Å². The second-order valence-electron chi connectivity index (χ2n) is 4.72. The number of hydrogen-bond donors (Lipinski definition) is 3. The number of aliphatic hydroxyl groups excluding tert-OH is 2. The van der Waals surface area contributed by atoms with Crippen LogP contribution in [0.25, 0.3) is 0 Å². The quantitative estimate of drug-likeness (QED) is 0.634. The molecule has 2 unspecified atom stereocenters. The van der Waals surface area contributed by atoms with Crippen molar-refractivity contribution in [3.05, 3.63) is 0 Å². The van der Waals surface area contributed by atoms with Crippen molar-refractivity contribution in [1.82, 2.24) is 15.0 Å². The van der Waals surface area contributed by atoms with E-state index in [2.05, 4.69) is 20.3 Å². The van der Waals surface area contributed by atoms with Crippen molar-refractivity contribution in [1.29, 1.82) is 0 Å². The summed E-state index contributed by atoms with van der Waals surface area (Å²) in [4.78, 5) is 16.4. The largest absolute Gasteiger partial charge is 0.388 e. The molecule has 1 saturated heterocycles. The molecule has 0 amide bonds. The maximum absolute atomic E-state index is 9.59. The van der Waals surface area contributed by atoms with Gasteiger partial charge >= 0.3 is 0 Å². The summed E-state index contributed by atoms with van der Waals surface area (Å²) in [7, 11) is 3.70. The predicted molar refractivity (Wildman–Crippen MR) is 72.5 cm³/mol. The molecule has 2 heterocycles. The lowest BCUT2D eigenvalue weighted by Crippen LogP contribution is -2.26. The third-order valence-corrected chi connectivity index (χ3v) is 2.89. The van der Waals surface area contributed by atoms with Crippen LogP contribution in [-0.4, -0.2) is 71.1 Å². The molecule has 1 aliphatic heterocycles. The van der Waals surface area contributed by atoms with Gasteiger partial charge in [0.15, 0.2) is 0 Å². The van der Waals surface area contributed by atoms with Gasteiger partial charge in [-0.05, 0) is 6.92 Å². The molecular weight excluding hydrogens is 248 g/mol. The lowest BCUT2D eigenvalue weighted by molar-refractivity contribution is 0.0572. The number of aliphatic hydroxyl groups is 2. The molecule has 0 radical (unpaired) electrons. The summed E-state index contributed by atoms with van der Waals surface area (Å²) in [6, 6.07) is 0. The van der Waals surface area contributed by atoms with Crippen LogP contribution >= 0.6 is 0 Å². The lowest BCUT2D eigenvalue weighted by Gasteiger charge is -2.18. The maximum atomic E-state index is 9.59. The van der Waals surface area contributed by atoms with E-state index in [0.29, 0.717) is 37.5 Å². The number of hydrogen-bond acceptors (Lipinski definition) is 8. The Hall–Kier alpha value is -1.67. The molecule has 8 heteroatoms. The molecule has 3 N–H and O–H groups in total. The van der Waals surface area contributed by atoms with Crippen molar-refractivity contribution in [2.24, 2.45) is 0 Å². The van der Waals surface area contributed by atoms with Gasteiger partial charge in [-0.15, -0.1) is 0 Å². The van der Waals surface area contributed by atoms with Gasteiger partial charge in [0.25, 0.3) is 0 Å². The van der Waals surface area contributed by atoms with Crippen LogP contribution in [0.2, 0.25) is 0 Å². The molecule has 1 aromatic rings. The van der Waals surface area contributed by atoms with E-state index in [1.807, 2.05) is 21.0 Å². The van der Waals surface area contributed by atoms with Crippen molar-refractivity contribution < 1.29 is 10.2 Å². The number of β-amino-alcohol motifs (C(OH)–C–C–N with tert-alkyl or cyclic N) is 2. The Morgan fingerprint density at radius 2 is 1.84 bits per heavy atom. The summed E-state index contributed by atoms with van der Waals surface area (Å²) >= 11 is 0. The Labute approximate surface area is 112 Å². The highest BCUT2D eigenvalue weighted by atomic mass is 16.3. The van der Waals surface area contributed by atoms with Crippen LogP contribution in [0.15, 0.2) is 0 Å². The van der Waals surface area contributed by atoms with Crippen molar-refractivity contribution in [3.8, 4) is 0 Å². The summed E-state index contributed by atoms with van der Waals surface area (Å²) in [5.74, 6) is 1.49. The smallest absolute Gasteiger partial charge is 0.232 e. The van der Waals surface area contributed by atoms with Gasteiger partial charge in [0.1, 0.15) is 0 Å². The first-order valence-electron chi connectivity index (χ1n) is 6.29. The fourth-order valence-electron chi connectivity index (χ4n) is 1.87. The fourth-order valence-corrected chi connectivity index (χ4v) is 1.87. The van der Waals surface area contributed by atoms with Crippen LogP contribution in [0.1, 0.15) is 6.92 Å². The molecule has 0 spiro atoms. The van der Waals surface area contributed by atoms with E-state index in [0.717, 1.165) is 0 Å². The number of anilines is 3.